The van der Waals surface area contributed by atoms with Crippen molar-refractivity contribution in [3.05, 3.63) is 35.4 Å². The maximum absolute atomic E-state index is 12.6. The van der Waals surface area contributed by atoms with E-state index in [4.69, 9.17) is 5.11 Å². The van der Waals surface area contributed by atoms with E-state index in [9.17, 15) is 22.8 Å². The van der Waals surface area contributed by atoms with E-state index < -0.39 is 17.7 Å². The van der Waals surface area contributed by atoms with Crippen LogP contribution in [0.25, 0.3) is 0 Å². The molecule has 1 N–H and O–H groups in total. The molecule has 0 atom stereocenters. The second-order valence-electron chi connectivity index (χ2n) is 6.68. The quantitative estimate of drug-likeness (QED) is 0.834. The fraction of sp³-hybridized carbons (Fsp3) is 0.556. The van der Waals surface area contributed by atoms with Crippen molar-refractivity contribution in [2.75, 3.05) is 26.7 Å². The Morgan fingerprint density at radius 3 is 2.27 bits per heavy atom. The van der Waals surface area contributed by atoms with Crippen LogP contribution < -0.4 is 0 Å². The summed E-state index contributed by atoms with van der Waals surface area (Å²) < 4.78 is 37.7. The molecule has 1 heterocycles. The summed E-state index contributed by atoms with van der Waals surface area (Å²) in [5.41, 5.74) is 0.0686. The molecule has 0 spiro atoms. The third-order valence-corrected chi connectivity index (χ3v) is 4.64. The van der Waals surface area contributed by atoms with Crippen LogP contribution in [0.3, 0.4) is 0 Å². The smallest absolute Gasteiger partial charge is 0.416 e. The molecule has 0 aromatic heterocycles. The van der Waals surface area contributed by atoms with Crippen molar-refractivity contribution in [3.8, 4) is 0 Å². The Bertz CT molecular complexity index is 624. The van der Waals surface area contributed by atoms with Crippen LogP contribution in [0.1, 0.15) is 30.4 Å². The first-order chi connectivity index (χ1) is 12.2. The molecule has 1 amide bonds. The van der Waals surface area contributed by atoms with Crippen LogP contribution >= 0.6 is 0 Å². The van der Waals surface area contributed by atoms with Crippen LogP contribution in [0.15, 0.2) is 24.3 Å². The van der Waals surface area contributed by atoms with Gasteiger partial charge in [-0.05, 0) is 37.6 Å². The van der Waals surface area contributed by atoms with E-state index in [0.29, 0.717) is 45.4 Å². The lowest BCUT2D eigenvalue weighted by atomic mass is 9.97. The number of halogens is 3. The number of carbonyl (C=O) groups excluding carboxylic acids is 1. The summed E-state index contributed by atoms with van der Waals surface area (Å²) >= 11 is 0. The standard InChI is InChI=1S/C18H23F3N2O3/c1-22(12-13-2-4-15(5-3-13)18(19,20)21)9-8-16(24)23-10-6-14(7-11-23)17(25)26/h2-5,14H,6-12H2,1H3,(H,25,26). The van der Waals surface area contributed by atoms with E-state index in [1.165, 1.54) is 12.1 Å². The Balaban J connectivity index is 1.75. The van der Waals surface area contributed by atoms with Gasteiger partial charge < -0.3 is 14.9 Å². The lowest BCUT2D eigenvalue weighted by Crippen LogP contribution is -2.41. The van der Waals surface area contributed by atoms with Crippen molar-refractivity contribution < 1.29 is 27.9 Å². The van der Waals surface area contributed by atoms with Gasteiger partial charge in [0.25, 0.3) is 0 Å². The highest BCUT2D eigenvalue weighted by Crippen LogP contribution is 2.29. The maximum Gasteiger partial charge on any atom is 0.416 e. The molecule has 144 valence electrons. The van der Waals surface area contributed by atoms with Crippen LogP contribution in [0.5, 0.6) is 0 Å². The van der Waals surface area contributed by atoms with E-state index in [2.05, 4.69) is 0 Å². The van der Waals surface area contributed by atoms with Crippen LogP contribution in [-0.2, 0) is 22.3 Å². The molecule has 5 nitrogen and oxygen atoms in total. The van der Waals surface area contributed by atoms with E-state index in [1.807, 2.05) is 11.9 Å². The number of piperidine rings is 1. The van der Waals surface area contributed by atoms with Crippen LogP contribution in [0.4, 0.5) is 13.2 Å². The van der Waals surface area contributed by atoms with Gasteiger partial charge >= 0.3 is 12.1 Å². The van der Waals surface area contributed by atoms with E-state index >= 15 is 0 Å². The van der Waals surface area contributed by atoms with Gasteiger partial charge in [-0.2, -0.15) is 13.2 Å². The number of likely N-dealkylation sites (tertiary alicyclic amines) is 1. The minimum absolute atomic E-state index is 0.0203. The number of amides is 1. The highest BCUT2D eigenvalue weighted by atomic mass is 19.4. The van der Waals surface area contributed by atoms with Crippen molar-refractivity contribution in [3.63, 3.8) is 0 Å². The summed E-state index contributed by atoms with van der Waals surface area (Å²) in [6.07, 6.45) is -3.09. The van der Waals surface area contributed by atoms with Gasteiger partial charge in [0, 0.05) is 32.6 Å². The number of hydrogen-bond donors (Lipinski definition) is 1. The molecule has 26 heavy (non-hydrogen) atoms. The van der Waals surface area contributed by atoms with Crippen molar-refractivity contribution in [2.24, 2.45) is 5.92 Å². The Labute approximate surface area is 150 Å². The topological polar surface area (TPSA) is 60.9 Å². The summed E-state index contributed by atoms with van der Waals surface area (Å²) in [6, 6.07) is 5.00. The zero-order valence-electron chi connectivity index (χ0n) is 14.6. The Kier molecular flexibility index (Phi) is 6.63. The molecule has 0 bridgehead atoms. The molecule has 0 unspecified atom stereocenters. The number of benzene rings is 1. The third kappa shape index (κ3) is 5.72. The molecule has 8 heteroatoms. The van der Waals surface area contributed by atoms with Crippen LogP contribution in [0.2, 0.25) is 0 Å². The molecule has 1 aromatic rings. The molecule has 2 rings (SSSR count). The molecular weight excluding hydrogens is 349 g/mol. The average Bonchev–Trinajstić information content (AvgIpc) is 2.59. The first kappa shape index (κ1) is 20.2. The normalized spacial score (nSPS) is 16.1. The molecule has 0 aliphatic carbocycles. The van der Waals surface area contributed by atoms with Gasteiger partial charge in [-0.3, -0.25) is 9.59 Å². The largest absolute Gasteiger partial charge is 0.481 e. The average molecular weight is 372 g/mol. The molecule has 1 aliphatic heterocycles. The molecule has 1 fully saturated rings. The number of carboxylic acid groups (broad SMARTS) is 1. The predicted molar refractivity (Wildman–Crippen MR) is 89.3 cm³/mol. The van der Waals surface area contributed by atoms with Gasteiger partial charge in [-0.25, -0.2) is 0 Å². The van der Waals surface area contributed by atoms with Gasteiger partial charge in [0.2, 0.25) is 5.91 Å². The van der Waals surface area contributed by atoms with Crippen LogP contribution in [0, 0.1) is 5.92 Å². The lowest BCUT2D eigenvalue weighted by Gasteiger charge is -2.30. The predicted octanol–water partition coefficient (Wildman–Crippen LogP) is 2.85. The second-order valence-corrected chi connectivity index (χ2v) is 6.68. The second kappa shape index (κ2) is 8.53. The van der Waals surface area contributed by atoms with Gasteiger partial charge in [0.1, 0.15) is 0 Å². The monoisotopic (exact) mass is 372 g/mol. The first-order valence-corrected chi connectivity index (χ1v) is 8.52. The summed E-state index contributed by atoms with van der Waals surface area (Å²) in [5.74, 6) is -1.21. The van der Waals surface area contributed by atoms with Gasteiger partial charge in [0.15, 0.2) is 0 Å². The summed E-state index contributed by atoms with van der Waals surface area (Å²) in [4.78, 5) is 26.7. The number of nitrogens with zero attached hydrogens (tertiary/aromatic N) is 2. The van der Waals surface area contributed by atoms with Gasteiger partial charge in [-0.1, -0.05) is 12.1 Å². The van der Waals surface area contributed by atoms with Gasteiger partial charge in [-0.15, -0.1) is 0 Å². The van der Waals surface area contributed by atoms with Crippen LogP contribution in [-0.4, -0.2) is 53.5 Å². The maximum atomic E-state index is 12.6. The van der Waals surface area contributed by atoms with E-state index in [-0.39, 0.29) is 11.8 Å². The molecule has 0 radical (unpaired) electrons. The summed E-state index contributed by atoms with van der Waals surface area (Å²) in [5, 5.41) is 8.97. The zero-order chi connectivity index (χ0) is 19.3. The number of hydrogen-bond acceptors (Lipinski definition) is 3. The number of rotatable bonds is 6. The molecular formula is C18H23F3N2O3. The number of carbonyl (C=O) groups is 2. The minimum Gasteiger partial charge on any atom is -0.481 e. The number of aliphatic carboxylic acids is 1. The summed E-state index contributed by atoms with van der Waals surface area (Å²) in [6.45, 7) is 1.85. The Hall–Kier alpha value is -2.09. The summed E-state index contributed by atoms with van der Waals surface area (Å²) in [7, 11) is 1.81. The Morgan fingerprint density at radius 1 is 1.19 bits per heavy atom. The SMILES string of the molecule is CN(CCC(=O)N1CCC(C(=O)O)CC1)Cc1ccc(C(F)(F)F)cc1. The third-order valence-electron chi connectivity index (χ3n) is 4.64. The number of alkyl halides is 3. The molecule has 1 saturated heterocycles. The highest BCUT2D eigenvalue weighted by molar-refractivity contribution is 5.77. The first-order valence-electron chi connectivity index (χ1n) is 8.52. The van der Waals surface area contributed by atoms with Gasteiger partial charge in [0.05, 0.1) is 11.5 Å². The zero-order valence-corrected chi connectivity index (χ0v) is 14.6. The van der Waals surface area contributed by atoms with Crippen molar-refractivity contribution in [1.29, 1.82) is 0 Å². The molecule has 0 saturated carbocycles. The fourth-order valence-corrected chi connectivity index (χ4v) is 3.01. The van der Waals surface area contributed by atoms with Crippen molar-refractivity contribution in [1.82, 2.24) is 9.80 Å². The minimum atomic E-state index is -4.34. The highest BCUT2D eigenvalue weighted by Gasteiger charge is 2.30. The van der Waals surface area contributed by atoms with Crippen molar-refractivity contribution >= 4 is 11.9 Å². The molecule has 1 aliphatic rings. The lowest BCUT2D eigenvalue weighted by molar-refractivity contribution is -0.145. The van der Waals surface area contributed by atoms with E-state index in [0.717, 1.165) is 17.7 Å². The molecule has 1 aromatic carbocycles. The fourth-order valence-electron chi connectivity index (χ4n) is 3.01. The van der Waals surface area contributed by atoms with E-state index in [1.54, 1.807) is 4.90 Å². The Morgan fingerprint density at radius 2 is 1.77 bits per heavy atom. The van der Waals surface area contributed by atoms with Crippen molar-refractivity contribution in [2.45, 2.75) is 32.0 Å². The number of carboxylic acids is 1.